The van der Waals surface area contributed by atoms with Crippen LogP contribution in [0.4, 0.5) is 4.79 Å². The third-order valence-electron chi connectivity index (χ3n) is 4.53. The second-order valence-electron chi connectivity index (χ2n) is 5.78. The first kappa shape index (κ1) is 14.3. The van der Waals surface area contributed by atoms with Crippen LogP contribution >= 0.6 is 0 Å². The van der Waals surface area contributed by atoms with Gasteiger partial charge in [0.25, 0.3) is 0 Å². The van der Waals surface area contributed by atoms with Gasteiger partial charge in [-0.1, -0.05) is 13.8 Å². The molecule has 2 saturated heterocycles. The predicted molar refractivity (Wildman–Crippen MR) is 71.7 cm³/mol. The van der Waals surface area contributed by atoms with Gasteiger partial charge in [0.05, 0.1) is 6.04 Å². The van der Waals surface area contributed by atoms with Crippen molar-refractivity contribution >= 4 is 12.0 Å². The molecule has 0 aromatic heterocycles. The fourth-order valence-electron chi connectivity index (χ4n) is 2.98. The van der Waals surface area contributed by atoms with Crippen LogP contribution in [0.2, 0.25) is 0 Å². The van der Waals surface area contributed by atoms with Gasteiger partial charge in [-0.15, -0.1) is 0 Å². The molecule has 0 spiro atoms. The minimum absolute atomic E-state index is 0.0519. The van der Waals surface area contributed by atoms with Gasteiger partial charge < -0.3 is 9.64 Å². The van der Waals surface area contributed by atoms with Crippen LogP contribution < -0.4 is 0 Å². The van der Waals surface area contributed by atoms with Gasteiger partial charge in [-0.25, -0.2) is 9.69 Å². The van der Waals surface area contributed by atoms with Crippen molar-refractivity contribution in [2.75, 3.05) is 26.7 Å². The number of carbonyl (C=O) groups is 2. The number of ether oxygens (including phenoxy) is 1. The lowest BCUT2D eigenvalue weighted by Gasteiger charge is -2.33. The van der Waals surface area contributed by atoms with Gasteiger partial charge in [-0.2, -0.15) is 0 Å². The number of rotatable bonds is 3. The number of imide groups is 1. The summed E-state index contributed by atoms with van der Waals surface area (Å²) in [5.41, 5.74) is 0. The molecule has 5 nitrogen and oxygen atoms in total. The van der Waals surface area contributed by atoms with Gasteiger partial charge in [0, 0.05) is 5.92 Å². The standard InChI is InChI=1S/C14H24N2O3/c1-4-12-9-19-14(18)16(12)13(17)10(2)11-5-7-15(3)8-6-11/h10-12H,4-9H2,1-3H3/t10-,12-/m0/s1. The lowest BCUT2D eigenvalue weighted by molar-refractivity contribution is -0.135. The number of nitrogens with zero attached hydrogens (tertiary/aromatic N) is 2. The second-order valence-corrected chi connectivity index (χ2v) is 5.78. The molecule has 2 aliphatic heterocycles. The van der Waals surface area contributed by atoms with Crippen molar-refractivity contribution < 1.29 is 14.3 Å². The Morgan fingerprint density at radius 1 is 1.42 bits per heavy atom. The molecular weight excluding hydrogens is 244 g/mol. The largest absolute Gasteiger partial charge is 0.447 e. The average Bonchev–Trinajstić information content (AvgIpc) is 2.79. The van der Waals surface area contributed by atoms with E-state index in [1.54, 1.807) is 0 Å². The molecule has 5 heteroatoms. The molecule has 2 rings (SSSR count). The van der Waals surface area contributed by atoms with E-state index in [0.29, 0.717) is 12.5 Å². The zero-order valence-corrected chi connectivity index (χ0v) is 12.1. The van der Waals surface area contributed by atoms with Crippen molar-refractivity contribution in [1.82, 2.24) is 9.80 Å². The highest BCUT2D eigenvalue weighted by Crippen LogP contribution is 2.28. The first-order valence-electron chi connectivity index (χ1n) is 7.23. The molecular formula is C14H24N2O3. The zero-order chi connectivity index (χ0) is 14.0. The van der Waals surface area contributed by atoms with E-state index in [4.69, 9.17) is 4.74 Å². The maximum atomic E-state index is 12.5. The molecule has 2 heterocycles. The summed E-state index contributed by atoms with van der Waals surface area (Å²) in [5, 5.41) is 0. The lowest BCUT2D eigenvalue weighted by Crippen LogP contribution is -2.45. The average molecular weight is 268 g/mol. The van der Waals surface area contributed by atoms with E-state index < -0.39 is 6.09 Å². The highest BCUT2D eigenvalue weighted by molar-refractivity contribution is 5.94. The maximum Gasteiger partial charge on any atom is 0.416 e. The summed E-state index contributed by atoms with van der Waals surface area (Å²) >= 11 is 0. The third-order valence-corrected chi connectivity index (χ3v) is 4.53. The van der Waals surface area contributed by atoms with Crippen LogP contribution in [0.25, 0.3) is 0 Å². The van der Waals surface area contributed by atoms with Crippen LogP contribution in [0.5, 0.6) is 0 Å². The Balaban J connectivity index is 2.00. The van der Waals surface area contributed by atoms with Crippen LogP contribution in [0.3, 0.4) is 0 Å². The van der Waals surface area contributed by atoms with Crippen molar-refractivity contribution in [2.24, 2.45) is 11.8 Å². The number of hydrogen-bond donors (Lipinski definition) is 0. The van der Waals surface area contributed by atoms with E-state index in [-0.39, 0.29) is 17.9 Å². The van der Waals surface area contributed by atoms with E-state index in [2.05, 4.69) is 11.9 Å². The van der Waals surface area contributed by atoms with E-state index >= 15 is 0 Å². The number of amides is 2. The number of hydrogen-bond acceptors (Lipinski definition) is 4. The summed E-state index contributed by atoms with van der Waals surface area (Å²) in [7, 11) is 2.10. The fourth-order valence-corrected chi connectivity index (χ4v) is 2.98. The molecule has 0 radical (unpaired) electrons. The quantitative estimate of drug-likeness (QED) is 0.782. The lowest BCUT2D eigenvalue weighted by atomic mass is 9.84. The van der Waals surface area contributed by atoms with Crippen LogP contribution in [0.1, 0.15) is 33.1 Å². The van der Waals surface area contributed by atoms with Gasteiger partial charge >= 0.3 is 6.09 Å². The molecule has 0 saturated carbocycles. The van der Waals surface area contributed by atoms with Crippen LogP contribution in [-0.4, -0.2) is 54.6 Å². The molecule has 2 fully saturated rings. The normalized spacial score (nSPS) is 27.4. The smallest absolute Gasteiger partial charge is 0.416 e. The van der Waals surface area contributed by atoms with E-state index in [0.717, 1.165) is 32.4 Å². The van der Waals surface area contributed by atoms with Gasteiger partial charge in [0.2, 0.25) is 5.91 Å². The summed E-state index contributed by atoms with van der Waals surface area (Å²) in [5.74, 6) is 0.243. The first-order valence-corrected chi connectivity index (χ1v) is 7.23. The number of piperidine rings is 1. The molecule has 0 aliphatic carbocycles. The van der Waals surface area contributed by atoms with Gasteiger partial charge in [0.1, 0.15) is 6.61 Å². The van der Waals surface area contributed by atoms with Crippen molar-refractivity contribution in [3.8, 4) is 0 Å². The van der Waals surface area contributed by atoms with Crippen LogP contribution in [-0.2, 0) is 9.53 Å². The Hall–Kier alpha value is -1.10. The third kappa shape index (κ3) is 2.91. The van der Waals surface area contributed by atoms with E-state index in [1.165, 1.54) is 4.90 Å². The molecule has 19 heavy (non-hydrogen) atoms. The summed E-state index contributed by atoms with van der Waals surface area (Å²) in [6.07, 6.45) is 2.36. The number of carbonyl (C=O) groups excluding carboxylic acids is 2. The minimum atomic E-state index is -0.461. The SMILES string of the molecule is CC[C@H]1COC(=O)N1C(=O)[C@@H](C)C1CCN(C)CC1. The molecule has 0 aromatic rings. The molecule has 0 aromatic carbocycles. The summed E-state index contributed by atoms with van der Waals surface area (Å²) in [4.78, 5) is 27.9. The zero-order valence-electron chi connectivity index (χ0n) is 12.1. The topological polar surface area (TPSA) is 49.9 Å². The second kappa shape index (κ2) is 5.90. The van der Waals surface area contributed by atoms with Gasteiger partial charge in [0.15, 0.2) is 0 Å². The fraction of sp³-hybridized carbons (Fsp3) is 0.857. The summed E-state index contributed by atoms with van der Waals surface area (Å²) in [6.45, 7) is 6.35. The van der Waals surface area contributed by atoms with Gasteiger partial charge in [-0.3, -0.25) is 4.79 Å². The van der Waals surface area contributed by atoms with Crippen molar-refractivity contribution in [3.63, 3.8) is 0 Å². The Bertz CT molecular complexity index is 351. The Kier molecular flexibility index (Phi) is 4.45. The summed E-state index contributed by atoms with van der Waals surface area (Å²) in [6, 6.07) is -0.0753. The number of likely N-dealkylation sites (tertiary alicyclic amines) is 1. The molecule has 108 valence electrons. The summed E-state index contributed by atoms with van der Waals surface area (Å²) < 4.78 is 5.00. The molecule has 2 amide bonds. The Morgan fingerprint density at radius 2 is 2.05 bits per heavy atom. The molecule has 0 N–H and O–H groups in total. The Morgan fingerprint density at radius 3 is 2.63 bits per heavy atom. The maximum absolute atomic E-state index is 12.5. The van der Waals surface area contributed by atoms with Crippen molar-refractivity contribution in [2.45, 2.75) is 39.2 Å². The van der Waals surface area contributed by atoms with E-state index in [1.807, 2.05) is 13.8 Å². The minimum Gasteiger partial charge on any atom is -0.447 e. The first-order chi connectivity index (χ1) is 9.04. The van der Waals surface area contributed by atoms with Crippen LogP contribution in [0, 0.1) is 11.8 Å². The highest BCUT2D eigenvalue weighted by atomic mass is 16.6. The molecule has 2 aliphatic rings. The van der Waals surface area contributed by atoms with Crippen molar-refractivity contribution in [1.29, 1.82) is 0 Å². The van der Waals surface area contributed by atoms with Crippen LogP contribution in [0.15, 0.2) is 0 Å². The van der Waals surface area contributed by atoms with Gasteiger partial charge in [-0.05, 0) is 45.3 Å². The monoisotopic (exact) mass is 268 g/mol. The molecule has 0 unspecified atom stereocenters. The molecule has 0 bridgehead atoms. The predicted octanol–water partition coefficient (Wildman–Crippen LogP) is 1.72. The molecule has 2 atom stereocenters. The number of cyclic esters (lactones) is 1. The highest BCUT2D eigenvalue weighted by Gasteiger charge is 2.40. The van der Waals surface area contributed by atoms with E-state index in [9.17, 15) is 9.59 Å². The van der Waals surface area contributed by atoms with Crippen molar-refractivity contribution in [3.05, 3.63) is 0 Å². The Labute approximate surface area is 114 Å².